The van der Waals surface area contributed by atoms with Crippen molar-refractivity contribution in [1.29, 1.82) is 0 Å². The minimum Gasteiger partial charge on any atom is -0.339 e. The van der Waals surface area contributed by atoms with Crippen LogP contribution in [0, 0.1) is 0 Å². The summed E-state index contributed by atoms with van der Waals surface area (Å²) in [5, 5.41) is 2.81. The first kappa shape index (κ1) is 13.6. The number of unbranched alkanes of at least 4 members (excludes halogenated alkanes) is 1. The Morgan fingerprint density at radius 3 is 2.53 bits per heavy atom. The van der Waals surface area contributed by atoms with E-state index in [0.717, 1.165) is 18.4 Å². The average Bonchev–Trinajstić information content (AvgIpc) is 2.44. The molecule has 2 atom stereocenters. The van der Waals surface area contributed by atoms with Crippen LogP contribution in [0.25, 0.3) is 0 Å². The third-order valence-corrected chi connectivity index (χ3v) is 3.55. The number of amides is 2. The zero-order valence-electron chi connectivity index (χ0n) is 11.4. The van der Waals surface area contributed by atoms with Crippen LogP contribution in [0.1, 0.15) is 38.3 Å². The molecule has 1 saturated heterocycles. The average molecular weight is 260 g/mol. The lowest BCUT2D eigenvalue weighted by Crippen LogP contribution is -2.58. The van der Waals surface area contributed by atoms with Crippen molar-refractivity contribution in [3.8, 4) is 0 Å². The fourth-order valence-electron chi connectivity index (χ4n) is 2.33. The van der Waals surface area contributed by atoms with Crippen LogP contribution >= 0.6 is 0 Å². The lowest BCUT2D eigenvalue weighted by Gasteiger charge is -2.37. The van der Waals surface area contributed by atoms with Gasteiger partial charge in [0, 0.05) is 6.54 Å². The molecule has 1 aliphatic rings. The lowest BCUT2D eigenvalue weighted by atomic mass is 10.0. The number of rotatable bonds is 4. The number of benzene rings is 1. The maximum atomic E-state index is 12.5. The number of carbonyl (C=O) groups is 2. The van der Waals surface area contributed by atoms with E-state index >= 15 is 0 Å². The van der Waals surface area contributed by atoms with Crippen molar-refractivity contribution in [3.63, 3.8) is 0 Å². The van der Waals surface area contributed by atoms with Crippen LogP contribution in [0.4, 0.5) is 0 Å². The molecule has 1 heterocycles. The molecule has 1 aliphatic heterocycles. The monoisotopic (exact) mass is 260 g/mol. The van der Waals surface area contributed by atoms with Crippen LogP contribution in [0.2, 0.25) is 0 Å². The standard InChI is InChI=1S/C15H20N2O2/c1-3-4-10-17-11(2)14(18)16-13(15(17)19)12-8-6-5-7-9-12/h5-9,11,13H,3-4,10H2,1-2H3,(H,16,18). The zero-order valence-corrected chi connectivity index (χ0v) is 11.4. The van der Waals surface area contributed by atoms with Crippen molar-refractivity contribution < 1.29 is 9.59 Å². The summed E-state index contributed by atoms with van der Waals surface area (Å²) < 4.78 is 0. The molecule has 19 heavy (non-hydrogen) atoms. The van der Waals surface area contributed by atoms with Gasteiger partial charge in [-0.15, -0.1) is 0 Å². The van der Waals surface area contributed by atoms with Crippen LogP contribution in [0.15, 0.2) is 30.3 Å². The van der Waals surface area contributed by atoms with E-state index in [1.54, 1.807) is 11.8 Å². The molecule has 0 aliphatic carbocycles. The molecule has 1 N–H and O–H groups in total. The lowest BCUT2D eigenvalue weighted by molar-refractivity contribution is -0.148. The van der Waals surface area contributed by atoms with E-state index in [-0.39, 0.29) is 17.9 Å². The molecule has 1 aromatic rings. The molecule has 4 nitrogen and oxygen atoms in total. The highest BCUT2D eigenvalue weighted by atomic mass is 16.2. The Labute approximate surface area is 113 Å². The second kappa shape index (κ2) is 5.87. The van der Waals surface area contributed by atoms with E-state index in [1.165, 1.54) is 0 Å². The van der Waals surface area contributed by atoms with E-state index in [2.05, 4.69) is 12.2 Å². The first-order chi connectivity index (χ1) is 9.15. The van der Waals surface area contributed by atoms with Crippen LogP contribution in [-0.2, 0) is 9.59 Å². The Kier molecular flexibility index (Phi) is 4.20. The molecule has 102 valence electrons. The molecular weight excluding hydrogens is 240 g/mol. The van der Waals surface area contributed by atoms with Gasteiger partial charge in [0.15, 0.2) is 0 Å². The fourth-order valence-corrected chi connectivity index (χ4v) is 2.33. The molecule has 0 spiro atoms. The third-order valence-electron chi connectivity index (χ3n) is 3.55. The second-order valence-corrected chi connectivity index (χ2v) is 4.91. The first-order valence-corrected chi connectivity index (χ1v) is 6.81. The Hall–Kier alpha value is -1.84. The zero-order chi connectivity index (χ0) is 13.8. The summed E-state index contributed by atoms with van der Waals surface area (Å²) in [6, 6.07) is 8.48. The van der Waals surface area contributed by atoms with Crippen molar-refractivity contribution in [2.45, 2.75) is 38.8 Å². The highest BCUT2D eigenvalue weighted by Gasteiger charge is 2.38. The number of hydrogen-bond acceptors (Lipinski definition) is 2. The SMILES string of the molecule is CCCCN1C(=O)C(c2ccccc2)NC(=O)C1C. The summed E-state index contributed by atoms with van der Waals surface area (Å²) in [4.78, 5) is 26.2. The van der Waals surface area contributed by atoms with Crippen LogP contribution in [-0.4, -0.2) is 29.3 Å². The van der Waals surface area contributed by atoms with Gasteiger partial charge in [-0.25, -0.2) is 0 Å². The third kappa shape index (κ3) is 2.78. The quantitative estimate of drug-likeness (QED) is 0.898. The van der Waals surface area contributed by atoms with Crippen molar-refractivity contribution in [3.05, 3.63) is 35.9 Å². The second-order valence-electron chi connectivity index (χ2n) is 4.91. The van der Waals surface area contributed by atoms with Gasteiger partial charge in [0.1, 0.15) is 12.1 Å². The summed E-state index contributed by atoms with van der Waals surface area (Å²) in [6.07, 6.45) is 1.93. The van der Waals surface area contributed by atoms with Gasteiger partial charge < -0.3 is 10.2 Å². The largest absolute Gasteiger partial charge is 0.339 e. The van der Waals surface area contributed by atoms with Gasteiger partial charge in [0.2, 0.25) is 11.8 Å². The normalized spacial score (nSPS) is 23.4. The predicted molar refractivity (Wildman–Crippen MR) is 73.4 cm³/mol. The van der Waals surface area contributed by atoms with Gasteiger partial charge in [-0.3, -0.25) is 9.59 Å². The smallest absolute Gasteiger partial charge is 0.250 e. The van der Waals surface area contributed by atoms with E-state index in [9.17, 15) is 9.59 Å². The van der Waals surface area contributed by atoms with Gasteiger partial charge in [0.05, 0.1) is 0 Å². The van der Waals surface area contributed by atoms with E-state index in [1.807, 2.05) is 30.3 Å². The molecule has 1 fully saturated rings. The van der Waals surface area contributed by atoms with E-state index in [4.69, 9.17) is 0 Å². The summed E-state index contributed by atoms with van der Waals surface area (Å²) in [5.41, 5.74) is 0.842. The summed E-state index contributed by atoms with van der Waals surface area (Å²) in [5.74, 6) is -0.0868. The van der Waals surface area contributed by atoms with Gasteiger partial charge in [-0.05, 0) is 18.9 Å². The molecule has 1 aromatic carbocycles. The minimum atomic E-state index is -0.540. The molecule has 0 aromatic heterocycles. The molecular formula is C15H20N2O2. The Bertz CT molecular complexity index is 458. The topological polar surface area (TPSA) is 49.4 Å². The number of hydrogen-bond donors (Lipinski definition) is 1. The summed E-state index contributed by atoms with van der Waals surface area (Å²) >= 11 is 0. The van der Waals surface area contributed by atoms with Crippen molar-refractivity contribution >= 4 is 11.8 Å². The molecule has 0 radical (unpaired) electrons. The highest BCUT2D eigenvalue weighted by Crippen LogP contribution is 2.22. The van der Waals surface area contributed by atoms with Crippen molar-refractivity contribution in [1.82, 2.24) is 10.2 Å². The van der Waals surface area contributed by atoms with Crippen molar-refractivity contribution in [2.24, 2.45) is 0 Å². The Balaban J connectivity index is 2.22. The van der Waals surface area contributed by atoms with Crippen molar-refractivity contribution in [2.75, 3.05) is 6.54 Å². The van der Waals surface area contributed by atoms with E-state index < -0.39 is 6.04 Å². The molecule has 2 rings (SSSR count). The maximum absolute atomic E-state index is 12.5. The van der Waals surface area contributed by atoms with Crippen LogP contribution in [0.5, 0.6) is 0 Å². The maximum Gasteiger partial charge on any atom is 0.250 e. The molecule has 0 bridgehead atoms. The first-order valence-electron chi connectivity index (χ1n) is 6.81. The molecule has 4 heteroatoms. The van der Waals surface area contributed by atoms with Gasteiger partial charge in [-0.1, -0.05) is 43.7 Å². The Morgan fingerprint density at radius 1 is 1.21 bits per heavy atom. The van der Waals surface area contributed by atoms with E-state index in [0.29, 0.717) is 6.54 Å². The summed E-state index contributed by atoms with van der Waals surface area (Å²) in [6.45, 7) is 4.51. The number of piperazine rings is 1. The molecule has 2 amide bonds. The number of nitrogens with one attached hydrogen (secondary N) is 1. The van der Waals surface area contributed by atoms with Gasteiger partial charge in [-0.2, -0.15) is 0 Å². The molecule has 0 saturated carbocycles. The number of nitrogens with zero attached hydrogens (tertiary/aromatic N) is 1. The fraction of sp³-hybridized carbons (Fsp3) is 0.467. The highest BCUT2D eigenvalue weighted by molar-refractivity contribution is 5.97. The van der Waals surface area contributed by atoms with Crippen LogP contribution < -0.4 is 5.32 Å². The molecule has 2 unspecified atom stereocenters. The number of carbonyl (C=O) groups excluding carboxylic acids is 2. The van der Waals surface area contributed by atoms with Crippen LogP contribution in [0.3, 0.4) is 0 Å². The predicted octanol–water partition coefficient (Wildman–Crippen LogP) is 1.87. The Morgan fingerprint density at radius 2 is 1.89 bits per heavy atom. The summed E-state index contributed by atoms with van der Waals surface area (Å²) in [7, 11) is 0. The minimum absolute atomic E-state index is 0.00764. The van der Waals surface area contributed by atoms with Gasteiger partial charge >= 0.3 is 0 Å². The van der Waals surface area contributed by atoms with Gasteiger partial charge in [0.25, 0.3) is 0 Å².